The van der Waals surface area contributed by atoms with Gasteiger partial charge in [0.2, 0.25) is 5.91 Å². The van der Waals surface area contributed by atoms with Crippen molar-refractivity contribution in [2.24, 2.45) is 0 Å². The number of hydrogen-bond acceptors (Lipinski definition) is 4. The van der Waals surface area contributed by atoms with Gasteiger partial charge in [-0.05, 0) is 32.9 Å². The Kier molecular flexibility index (Phi) is 5.11. The maximum absolute atomic E-state index is 11.7. The van der Waals surface area contributed by atoms with Gasteiger partial charge in [0.25, 0.3) is 0 Å². The molecule has 19 heavy (non-hydrogen) atoms. The van der Waals surface area contributed by atoms with Crippen LogP contribution >= 0.6 is 11.6 Å². The summed E-state index contributed by atoms with van der Waals surface area (Å²) in [7, 11) is 0. The van der Waals surface area contributed by atoms with E-state index in [4.69, 9.17) is 16.7 Å². The van der Waals surface area contributed by atoms with E-state index in [9.17, 15) is 9.59 Å². The minimum Gasteiger partial charge on any atom is -0.476 e. The Morgan fingerprint density at radius 1 is 1.32 bits per heavy atom. The van der Waals surface area contributed by atoms with Crippen LogP contribution in [0.2, 0.25) is 5.02 Å². The number of aromatic carboxylic acids is 1. The lowest BCUT2D eigenvalue weighted by Crippen LogP contribution is -2.41. The van der Waals surface area contributed by atoms with Crippen LogP contribution in [0.4, 0.5) is 5.82 Å². The molecule has 0 radical (unpaired) electrons. The zero-order chi connectivity index (χ0) is 14.6. The van der Waals surface area contributed by atoms with Crippen molar-refractivity contribution in [1.82, 2.24) is 10.3 Å². The number of carbonyl (C=O) groups is 2. The summed E-state index contributed by atoms with van der Waals surface area (Å²) in [6.07, 6.45) is 0. The summed E-state index contributed by atoms with van der Waals surface area (Å²) in [6.45, 7) is 5.37. The fraction of sp³-hybridized carbons (Fsp3) is 0.417. The zero-order valence-corrected chi connectivity index (χ0v) is 11.7. The first kappa shape index (κ1) is 15.2. The average Bonchev–Trinajstić information content (AvgIpc) is 2.30. The Bertz CT molecular complexity index is 491. The second kappa shape index (κ2) is 6.38. The van der Waals surface area contributed by atoms with E-state index < -0.39 is 12.0 Å². The molecule has 1 aromatic heterocycles. The highest BCUT2D eigenvalue weighted by Crippen LogP contribution is 2.17. The lowest BCUT2D eigenvalue weighted by molar-refractivity contribution is -0.122. The van der Waals surface area contributed by atoms with E-state index in [0.717, 1.165) is 0 Å². The SMILES string of the molecule is CC(C)NC(=O)C(C)Nc1ccc(Cl)c(C(=O)O)n1. The first-order valence-corrected chi connectivity index (χ1v) is 6.15. The van der Waals surface area contributed by atoms with Crippen molar-refractivity contribution in [2.45, 2.75) is 32.9 Å². The third kappa shape index (κ3) is 4.40. The number of aromatic nitrogens is 1. The minimum absolute atomic E-state index is 0.0320. The quantitative estimate of drug-likeness (QED) is 0.767. The van der Waals surface area contributed by atoms with Gasteiger partial charge in [0.05, 0.1) is 5.02 Å². The van der Waals surface area contributed by atoms with Crippen LogP contribution in [0.5, 0.6) is 0 Å². The molecule has 0 saturated heterocycles. The molecule has 0 bridgehead atoms. The molecule has 0 aliphatic rings. The van der Waals surface area contributed by atoms with Crippen LogP contribution in [0.25, 0.3) is 0 Å². The van der Waals surface area contributed by atoms with E-state index in [1.807, 2.05) is 13.8 Å². The van der Waals surface area contributed by atoms with Crippen LogP contribution in [-0.2, 0) is 4.79 Å². The number of nitrogens with one attached hydrogen (secondary N) is 2. The number of amides is 1. The number of anilines is 1. The topological polar surface area (TPSA) is 91.3 Å². The van der Waals surface area contributed by atoms with Gasteiger partial charge in [-0.15, -0.1) is 0 Å². The molecular weight excluding hydrogens is 270 g/mol. The predicted molar refractivity (Wildman–Crippen MR) is 72.6 cm³/mol. The Hall–Kier alpha value is -1.82. The maximum Gasteiger partial charge on any atom is 0.356 e. The standard InChI is InChI=1S/C12H16ClN3O3/c1-6(2)14-11(17)7(3)15-9-5-4-8(13)10(16-9)12(18)19/h4-7H,1-3H3,(H,14,17)(H,15,16)(H,18,19). The number of rotatable bonds is 5. The summed E-state index contributed by atoms with van der Waals surface area (Å²) in [4.78, 5) is 26.4. The number of hydrogen-bond donors (Lipinski definition) is 3. The van der Waals surface area contributed by atoms with Gasteiger partial charge in [-0.3, -0.25) is 4.79 Å². The summed E-state index contributed by atoms with van der Waals surface area (Å²) in [5, 5.41) is 14.5. The molecule has 0 saturated carbocycles. The highest BCUT2D eigenvalue weighted by atomic mass is 35.5. The molecule has 1 heterocycles. The van der Waals surface area contributed by atoms with E-state index in [2.05, 4.69) is 15.6 Å². The molecule has 0 aromatic carbocycles. The molecule has 7 heteroatoms. The molecule has 1 aromatic rings. The van der Waals surface area contributed by atoms with Gasteiger partial charge >= 0.3 is 5.97 Å². The van der Waals surface area contributed by atoms with Crippen molar-refractivity contribution in [3.8, 4) is 0 Å². The number of carbonyl (C=O) groups excluding carboxylic acids is 1. The Balaban J connectivity index is 2.80. The van der Waals surface area contributed by atoms with Crippen molar-refractivity contribution >= 4 is 29.3 Å². The van der Waals surface area contributed by atoms with E-state index in [0.29, 0.717) is 0 Å². The van der Waals surface area contributed by atoms with E-state index in [1.54, 1.807) is 6.92 Å². The van der Waals surface area contributed by atoms with Crippen molar-refractivity contribution < 1.29 is 14.7 Å². The minimum atomic E-state index is -1.21. The van der Waals surface area contributed by atoms with Crippen LogP contribution in [0, 0.1) is 0 Å². The van der Waals surface area contributed by atoms with Gasteiger partial charge in [0.1, 0.15) is 11.9 Å². The highest BCUT2D eigenvalue weighted by molar-refractivity contribution is 6.33. The zero-order valence-electron chi connectivity index (χ0n) is 10.9. The van der Waals surface area contributed by atoms with Gasteiger partial charge in [0.15, 0.2) is 5.69 Å². The van der Waals surface area contributed by atoms with Gasteiger partial charge in [0, 0.05) is 6.04 Å². The number of nitrogens with zero attached hydrogens (tertiary/aromatic N) is 1. The summed E-state index contributed by atoms with van der Waals surface area (Å²) in [6, 6.07) is 2.45. The van der Waals surface area contributed by atoms with Crippen molar-refractivity contribution in [1.29, 1.82) is 0 Å². The van der Waals surface area contributed by atoms with Crippen molar-refractivity contribution in [3.63, 3.8) is 0 Å². The molecule has 1 unspecified atom stereocenters. The predicted octanol–water partition coefficient (Wildman–Crippen LogP) is 1.76. The van der Waals surface area contributed by atoms with E-state index >= 15 is 0 Å². The molecule has 1 amide bonds. The van der Waals surface area contributed by atoms with Crippen LogP contribution in [0.3, 0.4) is 0 Å². The first-order valence-electron chi connectivity index (χ1n) is 5.78. The molecule has 104 valence electrons. The number of carboxylic acids is 1. The van der Waals surface area contributed by atoms with Crippen LogP contribution < -0.4 is 10.6 Å². The molecular formula is C12H16ClN3O3. The maximum atomic E-state index is 11.7. The molecule has 3 N–H and O–H groups in total. The van der Waals surface area contributed by atoms with E-state index in [1.165, 1.54) is 12.1 Å². The van der Waals surface area contributed by atoms with E-state index in [-0.39, 0.29) is 28.5 Å². The highest BCUT2D eigenvalue weighted by Gasteiger charge is 2.16. The summed E-state index contributed by atoms with van der Waals surface area (Å²) in [5.41, 5.74) is -0.247. The molecule has 1 atom stereocenters. The third-order valence-electron chi connectivity index (χ3n) is 2.24. The lowest BCUT2D eigenvalue weighted by Gasteiger charge is -2.16. The molecule has 0 fully saturated rings. The fourth-order valence-corrected chi connectivity index (χ4v) is 1.56. The second-order valence-corrected chi connectivity index (χ2v) is 4.77. The second-order valence-electron chi connectivity index (χ2n) is 4.36. The first-order chi connectivity index (χ1) is 8.81. The Labute approximate surface area is 116 Å². The third-order valence-corrected chi connectivity index (χ3v) is 2.54. The van der Waals surface area contributed by atoms with Gasteiger partial charge in [-0.1, -0.05) is 11.6 Å². The Morgan fingerprint density at radius 2 is 1.95 bits per heavy atom. The number of pyridine rings is 1. The smallest absolute Gasteiger partial charge is 0.356 e. The summed E-state index contributed by atoms with van der Waals surface area (Å²) in [5.74, 6) is -1.12. The van der Waals surface area contributed by atoms with Crippen molar-refractivity contribution in [2.75, 3.05) is 5.32 Å². The summed E-state index contributed by atoms with van der Waals surface area (Å²) < 4.78 is 0. The Morgan fingerprint density at radius 3 is 2.47 bits per heavy atom. The van der Waals surface area contributed by atoms with Crippen LogP contribution in [-0.4, -0.2) is 34.1 Å². The number of carboxylic acid groups (broad SMARTS) is 1. The van der Waals surface area contributed by atoms with Gasteiger partial charge in [-0.2, -0.15) is 0 Å². The van der Waals surface area contributed by atoms with Crippen molar-refractivity contribution in [3.05, 3.63) is 22.8 Å². The fourth-order valence-electron chi connectivity index (χ4n) is 1.37. The monoisotopic (exact) mass is 285 g/mol. The molecule has 0 spiro atoms. The largest absolute Gasteiger partial charge is 0.476 e. The van der Waals surface area contributed by atoms with Gasteiger partial charge < -0.3 is 15.7 Å². The average molecular weight is 286 g/mol. The summed E-state index contributed by atoms with van der Waals surface area (Å²) >= 11 is 5.71. The number of halogens is 1. The molecule has 0 aliphatic heterocycles. The van der Waals surface area contributed by atoms with Crippen LogP contribution in [0.1, 0.15) is 31.3 Å². The molecule has 6 nitrogen and oxygen atoms in total. The normalized spacial score (nSPS) is 12.1. The molecule has 1 rings (SSSR count). The lowest BCUT2D eigenvalue weighted by atomic mass is 10.2. The van der Waals surface area contributed by atoms with Gasteiger partial charge in [-0.25, -0.2) is 9.78 Å². The van der Waals surface area contributed by atoms with Crippen LogP contribution in [0.15, 0.2) is 12.1 Å². The molecule has 0 aliphatic carbocycles.